The van der Waals surface area contributed by atoms with Gasteiger partial charge in [0, 0.05) is 10.0 Å². The Balaban J connectivity index is 2.23. The van der Waals surface area contributed by atoms with E-state index in [0.29, 0.717) is 11.3 Å². The third-order valence-electron chi connectivity index (χ3n) is 2.63. The molecule has 2 rings (SSSR count). The molecule has 0 aliphatic heterocycles. The summed E-state index contributed by atoms with van der Waals surface area (Å²) < 4.78 is 6.72. The van der Waals surface area contributed by atoms with Gasteiger partial charge < -0.3 is 15.7 Å². The largest absolute Gasteiger partial charge is 0.457 e. The minimum absolute atomic E-state index is 0.0905. The molecule has 0 amide bonds. The Morgan fingerprint density at radius 2 is 1.79 bits per heavy atom. The molecule has 98 valence electrons. The topological polar surface area (TPSA) is 67.8 Å². The molecule has 0 radical (unpaired) electrons. The third-order valence-corrected chi connectivity index (χ3v) is 3.16. The number of hydrogen-bond donors (Lipinski definition) is 2. The van der Waals surface area contributed by atoms with Crippen molar-refractivity contribution in [3.05, 3.63) is 58.1 Å². The number of amidine groups is 1. The second-order valence-electron chi connectivity index (χ2n) is 4.02. The van der Waals surface area contributed by atoms with Gasteiger partial charge in [-0.15, -0.1) is 0 Å². The molecule has 0 aromatic heterocycles. The van der Waals surface area contributed by atoms with E-state index in [1.54, 1.807) is 12.1 Å². The second kappa shape index (κ2) is 5.75. The van der Waals surface area contributed by atoms with Crippen molar-refractivity contribution in [2.45, 2.75) is 6.92 Å². The van der Waals surface area contributed by atoms with Crippen LogP contribution < -0.4 is 10.5 Å². The fourth-order valence-corrected chi connectivity index (χ4v) is 1.94. The summed E-state index contributed by atoms with van der Waals surface area (Å²) >= 11 is 3.37. The molecule has 2 aromatic rings. The van der Waals surface area contributed by atoms with Gasteiger partial charge >= 0.3 is 0 Å². The molecular formula is C14H13BrN2O2. The Morgan fingerprint density at radius 1 is 1.16 bits per heavy atom. The first kappa shape index (κ1) is 13.4. The normalized spacial score (nSPS) is 11.4. The molecule has 0 aliphatic carbocycles. The molecule has 0 fully saturated rings. The molecule has 0 saturated carbocycles. The van der Waals surface area contributed by atoms with Crippen LogP contribution in [0.4, 0.5) is 0 Å². The van der Waals surface area contributed by atoms with Gasteiger partial charge in [-0.25, -0.2) is 0 Å². The SMILES string of the molecule is Cc1cc(Oc2ccc(Br)cc2)ccc1/C(N)=N/O. The Hall–Kier alpha value is -2.01. The maximum absolute atomic E-state index is 8.67. The van der Waals surface area contributed by atoms with Gasteiger partial charge in [-0.2, -0.15) is 0 Å². The van der Waals surface area contributed by atoms with Crippen LogP contribution in [0.2, 0.25) is 0 Å². The first-order valence-electron chi connectivity index (χ1n) is 5.62. The smallest absolute Gasteiger partial charge is 0.170 e. The van der Waals surface area contributed by atoms with Crippen molar-refractivity contribution in [1.82, 2.24) is 0 Å². The summed E-state index contributed by atoms with van der Waals surface area (Å²) in [7, 11) is 0. The molecule has 0 bridgehead atoms. The molecule has 4 nitrogen and oxygen atoms in total. The summed E-state index contributed by atoms with van der Waals surface area (Å²) in [5.41, 5.74) is 7.13. The van der Waals surface area contributed by atoms with Gasteiger partial charge in [-0.3, -0.25) is 0 Å². The summed E-state index contributed by atoms with van der Waals surface area (Å²) in [5, 5.41) is 11.7. The average Bonchev–Trinajstić information content (AvgIpc) is 2.41. The Morgan fingerprint density at radius 3 is 2.37 bits per heavy atom. The van der Waals surface area contributed by atoms with Crippen molar-refractivity contribution in [1.29, 1.82) is 0 Å². The van der Waals surface area contributed by atoms with Crippen molar-refractivity contribution < 1.29 is 9.94 Å². The summed E-state index contributed by atoms with van der Waals surface area (Å²) in [6, 6.07) is 12.9. The number of rotatable bonds is 3. The molecule has 5 heteroatoms. The minimum Gasteiger partial charge on any atom is -0.457 e. The Bertz CT molecular complexity index is 609. The van der Waals surface area contributed by atoms with Gasteiger partial charge in [0.05, 0.1) is 0 Å². The van der Waals surface area contributed by atoms with E-state index in [0.717, 1.165) is 15.8 Å². The zero-order valence-electron chi connectivity index (χ0n) is 10.3. The lowest BCUT2D eigenvalue weighted by atomic mass is 10.1. The quantitative estimate of drug-likeness (QED) is 0.392. The van der Waals surface area contributed by atoms with E-state index >= 15 is 0 Å². The van der Waals surface area contributed by atoms with E-state index in [-0.39, 0.29) is 5.84 Å². The Kier molecular flexibility index (Phi) is 4.06. The molecule has 3 N–H and O–H groups in total. The maximum Gasteiger partial charge on any atom is 0.170 e. The number of benzene rings is 2. The highest BCUT2D eigenvalue weighted by Gasteiger charge is 2.05. The predicted molar refractivity (Wildman–Crippen MR) is 77.9 cm³/mol. The minimum atomic E-state index is 0.0905. The van der Waals surface area contributed by atoms with E-state index in [1.807, 2.05) is 37.3 Å². The van der Waals surface area contributed by atoms with Crippen LogP contribution in [0.3, 0.4) is 0 Å². The zero-order valence-corrected chi connectivity index (χ0v) is 11.9. The van der Waals surface area contributed by atoms with Crippen molar-refractivity contribution >= 4 is 21.8 Å². The average molecular weight is 321 g/mol. The monoisotopic (exact) mass is 320 g/mol. The van der Waals surface area contributed by atoms with Gasteiger partial charge in [0.15, 0.2) is 5.84 Å². The third kappa shape index (κ3) is 3.26. The van der Waals surface area contributed by atoms with Gasteiger partial charge in [0.2, 0.25) is 0 Å². The number of aryl methyl sites for hydroxylation is 1. The van der Waals surface area contributed by atoms with Crippen molar-refractivity contribution in [2.75, 3.05) is 0 Å². The van der Waals surface area contributed by atoms with Crippen LogP contribution in [0.5, 0.6) is 11.5 Å². The van der Waals surface area contributed by atoms with Crippen LogP contribution in [0.25, 0.3) is 0 Å². The highest BCUT2D eigenvalue weighted by molar-refractivity contribution is 9.10. The summed E-state index contributed by atoms with van der Waals surface area (Å²) in [4.78, 5) is 0. The number of nitrogens with two attached hydrogens (primary N) is 1. The highest BCUT2D eigenvalue weighted by atomic mass is 79.9. The second-order valence-corrected chi connectivity index (χ2v) is 4.93. The Labute approximate surface area is 119 Å². The van der Waals surface area contributed by atoms with Crippen LogP contribution in [-0.2, 0) is 0 Å². The number of halogens is 1. The first-order valence-corrected chi connectivity index (χ1v) is 6.41. The first-order chi connectivity index (χ1) is 9.10. The fourth-order valence-electron chi connectivity index (χ4n) is 1.68. The highest BCUT2D eigenvalue weighted by Crippen LogP contribution is 2.25. The zero-order chi connectivity index (χ0) is 13.8. The lowest BCUT2D eigenvalue weighted by Gasteiger charge is -2.09. The molecule has 19 heavy (non-hydrogen) atoms. The molecule has 0 atom stereocenters. The molecule has 0 saturated heterocycles. The van der Waals surface area contributed by atoms with Crippen LogP contribution in [0.1, 0.15) is 11.1 Å². The standard InChI is InChI=1S/C14H13BrN2O2/c1-9-8-12(6-7-13(9)14(16)17-18)19-11-4-2-10(15)3-5-11/h2-8,18H,1H3,(H2,16,17). The van der Waals surface area contributed by atoms with Gasteiger partial charge in [0.25, 0.3) is 0 Å². The molecule has 0 aliphatic rings. The van der Waals surface area contributed by atoms with Crippen molar-refractivity contribution in [2.24, 2.45) is 10.9 Å². The van der Waals surface area contributed by atoms with Crippen LogP contribution in [0, 0.1) is 6.92 Å². The number of oxime groups is 1. The van der Waals surface area contributed by atoms with Crippen LogP contribution in [-0.4, -0.2) is 11.0 Å². The van der Waals surface area contributed by atoms with Crippen molar-refractivity contribution in [3.8, 4) is 11.5 Å². The van der Waals surface area contributed by atoms with E-state index in [1.165, 1.54) is 0 Å². The van der Waals surface area contributed by atoms with Crippen LogP contribution >= 0.6 is 15.9 Å². The van der Waals surface area contributed by atoms with Gasteiger partial charge in [-0.05, 0) is 55.0 Å². The molecular weight excluding hydrogens is 308 g/mol. The number of ether oxygens (including phenoxy) is 1. The molecule has 2 aromatic carbocycles. The maximum atomic E-state index is 8.67. The fraction of sp³-hybridized carbons (Fsp3) is 0.0714. The lowest BCUT2D eigenvalue weighted by Crippen LogP contribution is -2.14. The number of nitrogens with zero attached hydrogens (tertiary/aromatic N) is 1. The summed E-state index contributed by atoms with van der Waals surface area (Å²) in [6.45, 7) is 1.88. The molecule has 0 unspecified atom stereocenters. The van der Waals surface area contributed by atoms with E-state index in [4.69, 9.17) is 15.7 Å². The number of hydrogen-bond acceptors (Lipinski definition) is 3. The van der Waals surface area contributed by atoms with E-state index < -0.39 is 0 Å². The van der Waals surface area contributed by atoms with Crippen LogP contribution in [0.15, 0.2) is 52.1 Å². The summed E-state index contributed by atoms with van der Waals surface area (Å²) in [6.07, 6.45) is 0. The molecule has 0 spiro atoms. The van der Waals surface area contributed by atoms with Gasteiger partial charge in [0.1, 0.15) is 11.5 Å². The summed E-state index contributed by atoms with van der Waals surface area (Å²) in [5.74, 6) is 1.54. The van der Waals surface area contributed by atoms with Crippen molar-refractivity contribution in [3.63, 3.8) is 0 Å². The van der Waals surface area contributed by atoms with Gasteiger partial charge in [-0.1, -0.05) is 21.1 Å². The molecule has 0 heterocycles. The van der Waals surface area contributed by atoms with E-state index in [9.17, 15) is 0 Å². The van der Waals surface area contributed by atoms with E-state index in [2.05, 4.69) is 21.1 Å². The predicted octanol–water partition coefficient (Wildman–Crippen LogP) is 3.64. The lowest BCUT2D eigenvalue weighted by molar-refractivity contribution is 0.318.